The van der Waals surface area contributed by atoms with Gasteiger partial charge in [-0.05, 0) is 23.1 Å². The third-order valence-corrected chi connectivity index (χ3v) is 3.58. The molecule has 0 spiro atoms. The van der Waals surface area contributed by atoms with Crippen molar-refractivity contribution in [3.63, 3.8) is 0 Å². The van der Waals surface area contributed by atoms with Crippen LogP contribution in [0, 0.1) is 0 Å². The molecule has 1 heterocycles. The lowest BCUT2D eigenvalue weighted by atomic mass is 10.1. The van der Waals surface area contributed by atoms with Crippen LogP contribution in [0.1, 0.15) is 36.5 Å². The molecule has 0 saturated heterocycles. The Morgan fingerprint density at radius 3 is 2.73 bits per heavy atom. The van der Waals surface area contributed by atoms with Crippen LogP contribution < -0.4 is 21.7 Å². The molecule has 6 nitrogen and oxygen atoms in total. The number of amides is 3. The molecule has 1 atom stereocenters. The van der Waals surface area contributed by atoms with Gasteiger partial charge in [0.15, 0.2) is 0 Å². The van der Waals surface area contributed by atoms with E-state index in [1.54, 1.807) is 0 Å². The largest absolute Gasteiger partial charge is 0.352 e. The van der Waals surface area contributed by atoms with Crippen molar-refractivity contribution in [1.82, 2.24) is 16.0 Å². The summed E-state index contributed by atoms with van der Waals surface area (Å²) in [5, 5.41) is 8.61. The smallest absolute Gasteiger partial charge is 0.312 e. The van der Waals surface area contributed by atoms with E-state index in [0.29, 0.717) is 13.0 Å². The summed E-state index contributed by atoms with van der Waals surface area (Å²) >= 11 is 0. The maximum absolute atomic E-state index is 12.1. The summed E-state index contributed by atoms with van der Waals surface area (Å²) in [5.74, 6) is -0.200. The van der Waals surface area contributed by atoms with Crippen LogP contribution >= 0.6 is 12.4 Å². The van der Waals surface area contributed by atoms with E-state index < -0.39 is 12.1 Å². The fraction of sp³-hybridized carbons (Fsp3) is 0.467. The van der Waals surface area contributed by atoms with Crippen molar-refractivity contribution in [3.8, 4) is 0 Å². The van der Waals surface area contributed by atoms with Crippen molar-refractivity contribution in [2.75, 3.05) is 0 Å². The van der Waals surface area contributed by atoms with Gasteiger partial charge in [-0.15, -0.1) is 12.4 Å². The summed E-state index contributed by atoms with van der Waals surface area (Å²) in [4.78, 5) is 23.0. The number of carbonyl (C=O) groups excluding carboxylic acids is 2. The number of rotatable bonds is 6. The third-order valence-electron chi connectivity index (χ3n) is 3.58. The molecule has 1 aromatic rings. The van der Waals surface area contributed by atoms with Crippen LogP contribution in [0.25, 0.3) is 0 Å². The minimum Gasteiger partial charge on any atom is -0.352 e. The topological polar surface area (TPSA) is 96.2 Å². The Morgan fingerprint density at radius 2 is 2.05 bits per heavy atom. The first-order valence-corrected chi connectivity index (χ1v) is 7.25. The number of carbonyl (C=O) groups is 2. The minimum absolute atomic E-state index is 0. The number of nitrogens with two attached hydrogens (primary N) is 1. The quantitative estimate of drug-likeness (QED) is 0.631. The number of urea groups is 1. The van der Waals surface area contributed by atoms with E-state index in [-0.39, 0.29) is 18.3 Å². The maximum atomic E-state index is 12.1. The molecule has 122 valence electrons. The molecule has 0 unspecified atom stereocenters. The van der Waals surface area contributed by atoms with Crippen LogP contribution in [0.2, 0.25) is 0 Å². The molecule has 7 heteroatoms. The lowest BCUT2D eigenvalue weighted by Gasteiger charge is -2.16. The molecular weight excluding hydrogens is 304 g/mol. The van der Waals surface area contributed by atoms with Gasteiger partial charge < -0.3 is 21.7 Å². The highest BCUT2D eigenvalue weighted by molar-refractivity contribution is 5.86. The SMILES string of the molecule is CCC[C@@H](NC(N)=O)C(=O)NCc1ccc2c(c1)CNC2.Cl. The minimum atomic E-state index is -0.674. The second-order valence-electron chi connectivity index (χ2n) is 5.27. The van der Waals surface area contributed by atoms with E-state index in [9.17, 15) is 9.59 Å². The van der Waals surface area contributed by atoms with Crippen molar-refractivity contribution >= 4 is 24.3 Å². The first-order valence-electron chi connectivity index (χ1n) is 7.25. The number of hydrogen-bond acceptors (Lipinski definition) is 3. The molecule has 22 heavy (non-hydrogen) atoms. The van der Waals surface area contributed by atoms with Crippen LogP contribution in [-0.4, -0.2) is 18.0 Å². The molecule has 0 fully saturated rings. The average molecular weight is 327 g/mol. The van der Waals surface area contributed by atoms with Gasteiger partial charge in [-0.2, -0.15) is 0 Å². The number of benzene rings is 1. The lowest BCUT2D eigenvalue weighted by Crippen LogP contribution is -2.48. The molecule has 3 amide bonds. The number of halogens is 1. The Bertz CT molecular complexity index is 536. The Balaban J connectivity index is 0.00000242. The van der Waals surface area contributed by atoms with Crippen molar-refractivity contribution in [2.45, 2.75) is 45.4 Å². The Morgan fingerprint density at radius 1 is 1.32 bits per heavy atom. The first kappa shape index (κ1) is 18.3. The predicted molar refractivity (Wildman–Crippen MR) is 87.5 cm³/mol. The molecule has 1 aromatic carbocycles. The molecule has 0 aromatic heterocycles. The highest BCUT2D eigenvalue weighted by atomic mass is 35.5. The monoisotopic (exact) mass is 326 g/mol. The van der Waals surface area contributed by atoms with Crippen LogP contribution in [0.5, 0.6) is 0 Å². The summed E-state index contributed by atoms with van der Waals surface area (Å²) in [5.41, 5.74) is 8.74. The fourth-order valence-electron chi connectivity index (χ4n) is 2.50. The molecule has 5 N–H and O–H groups in total. The van der Waals surface area contributed by atoms with E-state index in [1.807, 2.05) is 13.0 Å². The maximum Gasteiger partial charge on any atom is 0.312 e. The highest BCUT2D eigenvalue weighted by Crippen LogP contribution is 2.16. The van der Waals surface area contributed by atoms with Gasteiger partial charge in [0.25, 0.3) is 0 Å². The standard InChI is InChI=1S/C15H22N4O2.ClH/c1-2-3-13(19-15(16)21)14(20)18-7-10-4-5-11-8-17-9-12(11)6-10;/h4-6,13,17H,2-3,7-9H2,1H3,(H,18,20)(H3,16,19,21);1H/t13-;/m1./s1. The molecule has 0 saturated carbocycles. The van der Waals surface area contributed by atoms with E-state index in [1.165, 1.54) is 11.1 Å². The predicted octanol–water partition coefficient (Wildman–Crippen LogP) is 1.16. The zero-order valence-corrected chi connectivity index (χ0v) is 13.5. The zero-order chi connectivity index (χ0) is 15.2. The van der Waals surface area contributed by atoms with Crippen LogP contribution in [-0.2, 0) is 24.4 Å². The molecule has 1 aliphatic heterocycles. The average Bonchev–Trinajstić information content (AvgIpc) is 2.91. The Kier molecular flexibility index (Phi) is 7.14. The second-order valence-corrected chi connectivity index (χ2v) is 5.27. The molecule has 0 radical (unpaired) electrons. The van der Waals surface area contributed by atoms with E-state index in [4.69, 9.17) is 5.73 Å². The number of hydrogen-bond donors (Lipinski definition) is 4. The van der Waals surface area contributed by atoms with Gasteiger partial charge in [0.1, 0.15) is 6.04 Å². The zero-order valence-electron chi connectivity index (χ0n) is 12.6. The van der Waals surface area contributed by atoms with Crippen molar-refractivity contribution < 1.29 is 9.59 Å². The molecule has 0 bridgehead atoms. The molecular formula is C15H23ClN4O2. The summed E-state index contributed by atoms with van der Waals surface area (Å²) in [7, 11) is 0. The van der Waals surface area contributed by atoms with Gasteiger partial charge in [0.05, 0.1) is 0 Å². The van der Waals surface area contributed by atoms with Gasteiger partial charge in [-0.3, -0.25) is 4.79 Å². The summed E-state index contributed by atoms with van der Waals surface area (Å²) in [6.45, 7) is 4.19. The van der Waals surface area contributed by atoms with Crippen LogP contribution in [0.3, 0.4) is 0 Å². The number of primary amides is 1. The van der Waals surface area contributed by atoms with E-state index in [0.717, 1.165) is 25.1 Å². The Hall–Kier alpha value is -1.79. The fourth-order valence-corrected chi connectivity index (χ4v) is 2.50. The van der Waals surface area contributed by atoms with Crippen LogP contribution in [0.4, 0.5) is 4.79 Å². The van der Waals surface area contributed by atoms with Gasteiger partial charge in [-0.25, -0.2) is 4.79 Å². The molecule has 1 aliphatic rings. The van der Waals surface area contributed by atoms with Gasteiger partial charge in [0, 0.05) is 19.6 Å². The van der Waals surface area contributed by atoms with Crippen molar-refractivity contribution in [2.24, 2.45) is 5.73 Å². The van der Waals surface area contributed by atoms with E-state index >= 15 is 0 Å². The van der Waals surface area contributed by atoms with Crippen molar-refractivity contribution in [1.29, 1.82) is 0 Å². The molecule has 0 aliphatic carbocycles. The van der Waals surface area contributed by atoms with Crippen molar-refractivity contribution in [3.05, 3.63) is 34.9 Å². The second kappa shape index (κ2) is 8.60. The number of fused-ring (bicyclic) bond motifs is 1. The van der Waals surface area contributed by atoms with Crippen LogP contribution in [0.15, 0.2) is 18.2 Å². The normalized spacial score (nSPS) is 13.7. The molecule has 2 rings (SSSR count). The van der Waals surface area contributed by atoms with Gasteiger partial charge in [0.2, 0.25) is 5.91 Å². The summed E-state index contributed by atoms with van der Waals surface area (Å²) < 4.78 is 0. The first-order chi connectivity index (χ1) is 10.1. The van der Waals surface area contributed by atoms with Gasteiger partial charge >= 0.3 is 6.03 Å². The summed E-state index contributed by atoms with van der Waals surface area (Å²) in [6.07, 6.45) is 1.37. The van der Waals surface area contributed by atoms with E-state index in [2.05, 4.69) is 28.1 Å². The summed E-state index contributed by atoms with van der Waals surface area (Å²) in [6, 6.07) is 4.96. The highest BCUT2D eigenvalue weighted by Gasteiger charge is 2.18. The lowest BCUT2D eigenvalue weighted by molar-refractivity contribution is -0.123. The third kappa shape index (κ3) is 4.89. The Labute approximate surface area is 136 Å². The number of nitrogens with one attached hydrogen (secondary N) is 3. The van der Waals surface area contributed by atoms with Gasteiger partial charge in [-0.1, -0.05) is 31.5 Å².